The third-order valence-electron chi connectivity index (χ3n) is 3.89. The second-order valence-electron chi connectivity index (χ2n) is 5.38. The van der Waals surface area contributed by atoms with E-state index < -0.39 is 0 Å². The summed E-state index contributed by atoms with van der Waals surface area (Å²) in [7, 11) is 2.26. The largest absolute Gasteiger partial charge is 0.378 e. The molecule has 0 aromatic carbocycles. The van der Waals surface area contributed by atoms with E-state index in [1.807, 2.05) is 0 Å². The third-order valence-corrected chi connectivity index (χ3v) is 3.89. The number of rotatable bonds is 5. The van der Waals surface area contributed by atoms with Crippen LogP contribution >= 0.6 is 0 Å². The molecule has 2 aliphatic heterocycles. The molecule has 0 amide bonds. The first-order chi connectivity index (χ1) is 7.84. The summed E-state index contributed by atoms with van der Waals surface area (Å²) in [5.74, 6) is 0.913. The van der Waals surface area contributed by atoms with Crippen molar-refractivity contribution in [3.05, 3.63) is 0 Å². The quantitative estimate of drug-likeness (QED) is 0.768. The Morgan fingerprint density at radius 2 is 2.06 bits per heavy atom. The molecule has 2 aliphatic rings. The van der Waals surface area contributed by atoms with Gasteiger partial charge >= 0.3 is 0 Å². The fourth-order valence-electron chi connectivity index (χ4n) is 2.83. The summed E-state index contributed by atoms with van der Waals surface area (Å²) in [5, 5.41) is 3.43. The van der Waals surface area contributed by atoms with Crippen molar-refractivity contribution < 1.29 is 4.74 Å². The minimum absolute atomic E-state index is 0.551. The van der Waals surface area contributed by atoms with Gasteiger partial charge in [0.05, 0.1) is 6.10 Å². The highest BCUT2D eigenvalue weighted by Gasteiger charge is 2.18. The minimum atomic E-state index is 0.551. The van der Waals surface area contributed by atoms with Crippen molar-refractivity contribution in [2.75, 3.05) is 39.8 Å². The SMILES string of the molecule is CN(CCC1CCCO1)CC1CCNCC1. The van der Waals surface area contributed by atoms with Gasteiger partial charge in [-0.05, 0) is 58.2 Å². The van der Waals surface area contributed by atoms with Crippen molar-refractivity contribution in [2.24, 2.45) is 5.92 Å². The number of nitrogens with one attached hydrogen (secondary N) is 1. The van der Waals surface area contributed by atoms with Gasteiger partial charge in [0.15, 0.2) is 0 Å². The maximum absolute atomic E-state index is 5.66. The van der Waals surface area contributed by atoms with Gasteiger partial charge in [0.1, 0.15) is 0 Å². The van der Waals surface area contributed by atoms with Crippen LogP contribution in [0.4, 0.5) is 0 Å². The fraction of sp³-hybridized carbons (Fsp3) is 1.00. The first-order valence-corrected chi connectivity index (χ1v) is 6.85. The van der Waals surface area contributed by atoms with Gasteiger partial charge in [-0.25, -0.2) is 0 Å². The van der Waals surface area contributed by atoms with Crippen LogP contribution in [-0.4, -0.2) is 50.8 Å². The van der Waals surface area contributed by atoms with E-state index in [0.29, 0.717) is 6.10 Å². The average molecular weight is 226 g/mol. The monoisotopic (exact) mass is 226 g/mol. The predicted octanol–water partition coefficient (Wildman–Crippen LogP) is 1.49. The Morgan fingerprint density at radius 1 is 1.25 bits per heavy atom. The van der Waals surface area contributed by atoms with Crippen LogP contribution in [0.1, 0.15) is 32.1 Å². The van der Waals surface area contributed by atoms with Gasteiger partial charge in [0, 0.05) is 19.7 Å². The zero-order valence-electron chi connectivity index (χ0n) is 10.6. The molecule has 1 unspecified atom stereocenters. The topological polar surface area (TPSA) is 24.5 Å². The Kier molecular flexibility index (Phi) is 5.07. The lowest BCUT2D eigenvalue weighted by Crippen LogP contribution is -2.35. The molecule has 0 spiro atoms. The summed E-state index contributed by atoms with van der Waals surface area (Å²) in [5.41, 5.74) is 0. The minimum Gasteiger partial charge on any atom is -0.378 e. The third kappa shape index (κ3) is 4.04. The maximum atomic E-state index is 5.66. The summed E-state index contributed by atoms with van der Waals surface area (Å²) in [6.07, 6.45) is 7.02. The van der Waals surface area contributed by atoms with E-state index in [0.717, 1.165) is 12.5 Å². The molecule has 2 rings (SSSR count). The Hall–Kier alpha value is -0.120. The number of ether oxygens (including phenoxy) is 1. The van der Waals surface area contributed by atoms with Crippen LogP contribution in [0.3, 0.4) is 0 Å². The van der Waals surface area contributed by atoms with Crippen molar-refractivity contribution in [2.45, 2.75) is 38.2 Å². The van der Waals surface area contributed by atoms with E-state index in [1.165, 1.54) is 58.3 Å². The van der Waals surface area contributed by atoms with Crippen molar-refractivity contribution >= 4 is 0 Å². The first kappa shape index (κ1) is 12.3. The van der Waals surface area contributed by atoms with E-state index in [4.69, 9.17) is 4.74 Å². The van der Waals surface area contributed by atoms with Crippen LogP contribution in [0.5, 0.6) is 0 Å². The van der Waals surface area contributed by atoms with E-state index in [9.17, 15) is 0 Å². The number of hydrogen-bond donors (Lipinski definition) is 1. The van der Waals surface area contributed by atoms with Gasteiger partial charge in [0.2, 0.25) is 0 Å². The summed E-state index contributed by atoms with van der Waals surface area (Å²) < 4.78 is 5.66. The Bertz CT molecular complexity index is 186. The van der Waals surface area contributed by atoms with Crippen LogP contribution in [0, 0.1) is 5.92 Å². The summed E-state index contributed by atoms with van der Waals surface area (Å²) in [4.78, 5) is 2.50. The molecule has 1 atom stereocenters. The van der Waals surface area contributed by atoms with Gasteiger partial charge in [-0.3, -0.25) is 0 Å². The zero-order chi connectivity index (χ0) is 11.2. The highest BCUT2D eigenvalue weighted by Crippen LogP contribution is 2.17. The summed E-state index contributed by atoms with van der Waals surface area (Å²) in [6.45, 7) is 5.89. The molecule has 2 heterocycles. The number of piperidine rings is 1. The lowest BCUT2D eigenvalue weighted by atomic mass is 9.97. The first-order valence-electron chi connectivity index (χ1n) is 6.85. The van der Waals surface area contributed by atoms with E-state index >= 15 is 0 Å². The van der Waals surface area contributed by atoms with Gasteiger partial charge in [-0.2, -0.15) is 0 Å². The molecule has 2 saturated heterocycles. The van der Waals surface area contributed by atoms with Gasteiger partial charge in [-0.1, -0.05) is 0 Å². The van der Waals surface area contributed by atoms with Crippen LogP contribution in [0.15, 0.2) is 0 Å². The molecule has 94 valence electrons. The van der Waals surface area contributed by atoms with Gasteiger partial charge in [0.25, 0.3) is 0 Å². The number of nitrogens with zero attached hydrogens (tertiary/aromatic N) is 1. The molecule has 3 heteroatoms. The van der Waals surface area contributed by atoms with E-state index in [1.54, 1.807) is 0 Å². The number of hydrogen-bond acceptors (Lipinski definition) is 3. The van der Waals surface area contributed by atoms with Crippen LogP contribution < -0.4 is 5.32 Å². The standard InChI is InChI=1S/C13H26N2O/c1-15(9-6-13-3-2-10-16-13)11-12-4-7-14-8-5-12/h12-14H,2-11H2,1H3. The van der Waals surface area contributed by atoms with Crippen molar-refractivity contribution in [3.8, 4) is 0 Å². The Labute approximate surface area is 99.5 Å². The molecular formula is C13H26N2O. The smallest absolute Gasteiger partial charge is 0.0588 e. The Balaban J connectivity index is 1.57. The average Bonchev–Trinajstić information content (AvgIpc) is 2.81. The molecule has 0 saturated carbocycles. The molecule has 1 N–H and O–H groups in total. The van der Waals surface area contributed by atoms with E-state index in [-0.39, 0.29) is 0 Å². The zero-order valence-corrected chi connectivity index (χ0v) is 10.6. The Morgan fingerprint density at radius 3 is 2.75 bits per heavy atom. The van der Waals surface area contributed by atoms with Gasteiger partial charge < -0.3 is 15.0 Å². The lowest BCUT2D eigenvalue weighted by Gasteiger charge is -2.28. The summed E-state index contributed by atoms with van der Waals surface area (Å²) in [6, 6.07) is 0. The molecule has 3 nitrogen and oxygen atoms in total. The van der Waals surface area contributed by atoms with Gasteiger partial charge in [-0.15, -0.1) is 0 Å². The highest BCUT2D eigenvalue weighted by molar-refractivity contribution is 4.72. The molecule has 16 heavy (non-hydrogen) atoms. The van der Waals surface area contributed by atoms with Crippen molar-refractivity contribution in [3.63, 3.8) is 0 Å². The van der Waals surface area contributed by atoms with Crippen LogP contribution in [0.2, 0.25) is 0 Å². The summed E-state index contributed by atoms with van der Waals surface area (Å²) >= 11 is 0. The molecule has 0 radical (unpaired) electrons. The molecule has 0 bridgehead atoms. The second kappa shape index (κ2) is 6.58. The van der Waals surface area contributed by atoms with Crippen molar-refractivity contribution in [1.29, 1.82) is 0 Å². The molecule has 0 aromatic rings. The fourth-order valence-corrected chi connectivity index (χ4v) is 2.83. The lowest BCUT2D eigenvalue weighted by molar-refractivity contribution is 0.0924. The van der Waals surface area contributed by atoms with E-state index in [2.05, 4.69) is 17.3 Å². The molecule has 0 aromatic heterocycles. The molecular weight excluding hydrogens is 200 g/mol. The predicted molar refractivity (Wildman–Crippen MR) is 66.7 cm³/mol. The highest BCUT2D eigenvalue weighted by atomic mass is 16.5. The molecule has 2 fully saturated rings. The normalized spacial score (nSPS) is 27.8. The van der Waals surface area contributed by atoms with Crippen molar-refractivity contribution in [1.82, 2.24) is 10.2 Å². The second-order valence-corrected chi connectivity index (χ2v) is 5.38. The molecule has 0 aliphatic carbocycles. The van der Waals surface area contributed by atoms with Crippen LogP contribution in [0.25, 0.3) is 0 Å². The maximum Gasteiger partial charge on any atom is 0.0588 e. The van der Waals surface area contributed by atoms with Crippen LogP contribution in [-0.2, 0) is 4.74 Å².